The Bertz CT molecular complexity index is 654. The highest BCUT2D eigenvalue weighted by molar-refractivity contribution is 5.95. The van der Waals surface area contributed by atoms with Crippen LogP contribution in [0.1, 0.15) is 31.7 Å². The largest absolute Gasteiger partial charge is 0.494 e. The van der Waals surface area contributed by atoms with Crippen LogP contribution in [-0.4, -0.2) is 18.6 Å². The summed E-state index contributed by atoms with van der Waals surface area (Å²) in [7, 11) is 0. The summed E-state index contributed by atoms with van der Waals surface area (Å²) in [5.74, 6) is 1.05. The summed E-state index contributed by atoms with van der Waals surface area (Å²) in [5.41, 5.74) is 2.36. The van der Waals surface area contributed by atoms with Crippen LogP contribution in [0.4, 0.5) is 5.69 Å². The summed E-state index contributed by atoms with van der Waals surface area (Å²) in [6.45, 7) is 2.70. The summed E-state index contributed by atoms with van der Waals surface area (Å²) in [6.07, 6.45) is 3.34. The van der Waals surface area contributed by atoms with Crippen LogP contribution in [0.3, 0.4) is 0 Å². The fourth-order valence-electron chi connectivity index (χ4n) is 3.12. The van der Waals surface area contributed by atoms with Gasteiger partial charge in [0.25, 0.3) is 0 Å². The lowest BCUT2D eigenvalue weighted by Crippen LogP contribution is -2.42. The zero-order chi connectivity index (χ0) is 16.1. The van der Waals surface area contributed by atoms with Gasteiger partial charge in [0.05, 0.1) is 6.61 Å². The van der Waals surface area contributed by atoms with E-state index in [1.165, 1.54) is 5.56 Å². The topological polar surface area (TPSA) is 29.5 Å². The molecule has 1 aliphatic heterocycles. The van der Waals surface area contributed by atoms with Crippen molar-refractivity contribution in [3.63, 3.8) is 0 Å². The molecular weight excluding hydrogens is 286 g/mol. The van der Waals surface area contributed by atoms with Crippen LogP contribution in [0.25, 0.3) is 0 Å². The predicted molar refractivity (Wildman–Crippen MR) is 92.9 cm³/mol. The lowest BCUT2D eigenvalue weighted by Gasteiger charge is -2.35. The van der Waals surface area contributed by atoms with Crippen molar-refractivity contribution in [1.82, 2.24) is 0 Å². The van der Waals surface area contributed by atoms with Crippen LogP contribution < -0.4 is 9.64 Å². The number of hydrogen-bond donors (Lipinski definition) is 0. The molecule has 1 amide bonds. The Morgan fingerprint density at radius 1 is 1.13 bits per heavy atom. The maximum Gasteiger partial charge on any atom is 0.227 e. The molecule has 1 unspecified atom stereocenters. The molecule has 1 heterocycles. The minimum Gasteiger partial charge on any atom is -0.494 e. The Kier molecular flexibility index (Phi) is 4.96. The smallest absolute Gasteiger partial charge is 0.227 e. The summed E-state index contributed by atoms with van der Waals surface area (Å²) in [5, 5.41) is 0. The van der Waals surface area contributed by atoms with Crippen LogP contribution in [0.2, 0.25) is 0 Å². The number of amides is 1. The highest BCUT2D eigenvalue weighted by atomic mass is 16.5. The number of hydrogen-bond acceptors (Lipinski definition) is 2. The number of benzene rings is 2. The second kappa shape index (κ2) is 7.32. The number of rotatable bonds is 5. The first-order chi connectivity index (χ1) is 11.3. The molecule has 0 spiro atoms. The van der Waals surface area contributed by atoms with Gasteiger partial charge in [-0.05, 0) is 49.9 Å². The summed E-state index contributed by atoms with van der Waals surface area (Å²) < 4.78 is 5.67. The van der Waals surface area contributed by atoms with E-state index in [1.54, 1.807) is 0 Å². The van der Waals surface area contributed by atoms with Crippen LogP contribution >= 0.6 is 0 Å². The van der Waals surface area contributed by atoms with Crippen molar-refractivity contribution in [3.05, 3.63) is 60.2 Å². The predicted octanol–water partition coefficient (Wildman–Crippen LogP) is 4.21. The van der Waals surface area contributed by atoms with Crippen molar-refractivity contribution in [2.24, 2.45) is 0 Å². The zero-order valence-corrected chi connectivity index (χ0v) is 13.6. The molecule has 0 bridgehead atoms. The summed E-state index contributed by atoms with van der Waals surface area (Å²) >= 11 is 0. The quantitative estimate of drug-likeness (QED) is 0.774. The van der Waals surface area contributed by atoms with E-state index >= 15 is 0 Å². The van der Waals surface area contributed by atoms with Gasteiger partial charge in [-0.25, -0.2) is 0 Å². The van der Waals surface area contributed by atoms with Gasteiger partial charge in [-0.2, -0.15) is 0 Å². The Balaban J connectivity index is 1.56. The molecule has 0 aliphatic carbocycles. The number of carbonyl (C=O) groups is 1. The molecule has 0 N–H and O–H groups in total. The first-order valence-corrected chi connectivity index (χ1v) is 8.33. The van der Waals surface area contributed by atoms with Crippen molar-refractivity contribution in [1.29, 1.82) is 0 Å². The van der Waals surface area contributed by atoms with E-state index in [4.69, 9.17) is 4.74 Å². The molecule has 0 aromatic heterocycles. The number of nitrogens with zero attached hydrogens (tertiary/aromatic N) is 1. The second-order valence-corrected chi connectivity index (χ2v) is 6.05. The number of ether oxygens (including phenoxy) is 1. The minimum absolute atomic E-state index is 0.196. The lowest BCUT2D eigenvalue weighted by molar-refractivity contribution is -0.119. The number of anilines is 1. The van der Waals surface area contributed by atoms with Gasteiger partial charge >= 0.3 is 0 Å². The van der Waals surface area contributed by atoms with E-state index in [1.807, 2.05) is 47.4 Å². The average molecular weight is 309 g/mol. The lowest BCUT2D eigenvalue weighted by atomic mass is 9.96. The standard InChI is InChI=1S/C20H23NO2/c1-16-13-14-17-8-5-6-11-19(17)21(16)20(22)12-7-15-23-18-9-3-2-4-10-18/h2-6,8-11,16H,7,12-15H2,1H3. The molecule has 0 radical (unpaired) electrons. The fourth-order valence-corrected chi connectivity index (χ4v) is 3.12. The van der Waals surface area contributed by atoms with Crippen molar-refractivity contribution in [3.8, 4) is 5.75 Å². The van der Waals surface area contributed by atoms with E-state index < -0.39 is 0 Å². The van der Waals surface area contributed by atoms with Crippen LogP contribution in [-0.2, 0) is 11.2 Å². The van der Waals surface area contributed by atoms with Gasteiger partial charge in [-0.1, -0.05) is 36.4 Å². The van der Waals surface area contributed by atoms with Gasteiger partial charge in [-0.15, -0.1) is 0 Å². The normalized spacial score (nSPS) is 16.7. The fraction of sp³-hybridized carbons (Fsp3) is 0.350. The number of para-hydroxylation sites is 2. The number of aryl methyl sites for hydroxylation is 1. The van der Waals surface area contributed by atoms with Crippen molar-refractivity contribution >= 4 is 11.6 Å². The van der Waals surface area contributed by atoms with Gasteiger partial charge in [0.1, 0.15) is 5.75 Å². The van der Waals surface area contributed by atoms with Crippen molar-refractivity contribution in [2.45, 2.75) is 38.6 Å². The first kappa shape index (κ1) is 15.6. The molecule has 2 aromatic carbocycles. The molecule has 1 aliphatic rings. The average Bonchev–Trinajstić information content (AvgIpc) is 2.59. The molecule has 0 saturated heterocycles. The molecule has 3 nitrogen and oxygen atoms in total. The Hall–Kier alpha value is -2.29. The molecule has 1 atom stereocenters. The van der Waals surface area contributed by atoms with E-state index in [-0.39, 0.29) is 11.9 Å². The Morgan fingerprint density at radius 3 is 2.70 bits per heavy atom. The third-order valence-electron chi connectivity index (χ3n) is 4.34. The molecule has 120 valence electrons. The maximum atomic E-state index is 12.7. The third-order valence-corrected chi connectivity index (χ3v) is 4.34. The molecular formula is C20H23NO2. The van der Waals surface area contributed by atoms with E-state index in [0.29, 0.717) is 13.0 Å². The van der Waals surface area contributed by atoms with Crippen LogP contribution in [0.15, 0.2) is 54.6 Å². The molecule has 2 aromatic rings. The van der Waals surface area contributed by atoms with Gasteiger partial charge in [-0.3, -0.25) is 4.79 Å². The molecule has 0 fully saturated rings. The Morgan fingerprint density at radius 2 is 1.87 bits per heavy atom. The van der Waals surface area contributed by atoms with E-state index in [0.717, 1.165) is 30.7 Å². The molecule has 3 heteroatoms. The van der Waals surface area contributed by atoms with Gasteiger partial charge in [0.15, 0.2) is 0 Å². The van der Waals surface area contributed by atoms with Crippen molar-refractivity contribution < 1.29 is 9.53 Å². The number of carbonyl (C=O) groups excluding carboxylic acids is 1. The van der Waals surface area contributed by atoms with Crippen molar-refractivity contribution in [2.75, 3.05) is 11.5 Å². The summed E-state index contributed by atoms with van der Waals surface area (Å²) in [6, 6.07) is 18.2. The van der Waals surface area contributed by atoms with Crippen LogP contribution in [0.5, 0.6) is 5.75 Å². The van der Waals surface area contributed by atoms with E-state index in [2.05, 4.69) is 19.1 Å². The highest BCUT2D eigenvalue weighted by Crippen LogP contribution is 2.31. The molecule has 3 rings (SSSR count). The monoisotopic (exact) mass is 309 g/mol. The maximum absolute atomic E-state index is 12.7. The van der Waals surface area contributed by atoms with E-state index in [9.17, 15) is 4.79 Å². The minimum atomic E-state index is 0.196. The zero-order valence-electron chi connectivity index (χ0n) is 13.6. The molecule has 23 heavy (non-hydrogen) atoms. The van der Waals surface area contributed by atoms with Gasteiger partial charge < -0.3 is 9.64 Å². The second-order valence-electron chi connectivity index (χ2n) is 6.05. The Labute approximate surface area is 137 Å². The van der Waals surface area contributed by atoms with Gasteiger partial charge in [0, 0.05) is 18.2 Å². The SMILES string of the molecule is CC1CCc2ccccc2N1C(=O)CCCOc1ccccc1. The van der Waals surface area contributed by atoms with Gasteiger partial charge in [0.2, 0.25) is 5.91 Å². The first-order valence-electron chi connectivity index (χ1n) is 8.33. The summed E-state index contributed by atoms with van der Waals surface area (Å²) in [4.78, 5) is 14.6. The molecule has 0 saturated carbocycles. The third kappa shape index (κ3) is 3.73. The highest BCUT2D eigenvalue weighted by Gasteiger charge is 2.27. The number of fused-ring (bicyclic) bond motifs is 1. The van der Waals surface area contributed by atoms with Crippen LogP contribution in [0, 0.1) is 0 Å².